The Morgan fingerprint density at radius 3 is 2.79 bits per heavy atom. The van der Waals surface area contributed by atoms with Crippen molar-refractivity contribution in [1.29, 1.82) is 0 Å². The zero-order valence-electron chi connectivity index (χ0n) is 8.95. The van der Waals surface area contributed by atoms with Crippen LogP contribution in [-0.4, -0.2) is 21.8 Å². The topological polar surface area (TPSA) is 42.7 Å². The van der Waals surface area contributed by atoms with Gasteiger partial charge in [-0.15, -0.1) is 0 Å². The van der Waals surface area contributed by atoms with Crippen LogP contribution in [0.5, 0.6) is 0 Å². The summed E-state index contributed by atoms with van der Waals surface area (Å²) in [6.07, 6.45) is 5.26. The van der Waals surface area contributed by atoms with Crippen molar-refractivity contribution in [3.8, 4) is 0 Å². The zero-order chi connectivity index (χ0) is 9.97. The van der Waals surface area contributed by atoms with E-state index in [1.165, 1.54) is 31.5 Å². The lowest BCUT2D eigenvalue weighted by atomic mass is 10.1. The first-order valence-electron chi connectivity index (χ1n) is 5.35. The molecule has 1 aromatic heterocycles. The highest BCUT2D eigenvalue weighted by Crippen LogP contribution is 2.32. The highest BCUT2D eigenvalue weighted by atomic mass is 15.3. The van der Waals surface area contributed by atoms with Gasteiger partial charge in [0.2, 0.25) is 0 Å². The molecule has 0 unspecified atom stereocenters. The quantitative estimate of drug-likeness (QED) is 0.786. The Morgan fingerprint density at radius 2 is 2.14 bits per heavy atom. The van der Waals surface area contributed by atoms with Gasteiger partial charge in [0.15, 0.2) is 5.82 Å². The molecule has 0 saturated heterocycles. The van der Waals surface area contributed by atoms with Crippen molar-refractivity contribution in [2.75, 3.05) is 7.05 Å². The van der Waals surface area contributed by atoms with Crippen molar-refractivity contribution >= 4 is 0 Å². The van der Waals surface area contributed by atoms with E-state index in [4.69, 9.17) is 0 Å². The van der Waals surface area contributed by atoms with Gasteiger partial charge in [-0.3, -0.25) is 4.68 Å². The number of aromatic nitrogens is 3. The molecule has 1 aromatic rings. The van der Waals surface area contributed by atoms with Gasteiger partial charge in [0.1, 0.15) is 5.82 Å². The number of aryl methyl sites for hydroxylation is 1. The lowest BCUT2D eigenvalue weighted by molar-refractivity contribution is 0.600. The molecule has 0 atom stereocenters. The fraction of sp³-hybridized carbons (Fsp3) is 0.800. The molecule has 1 heterocycles. The van der Waals surface area contributed by atoms with Crippen LogP contribution >= 0.6 is 0 Å². The smallest absolute Gasteiger partial charge is 0.164 e. The maximum atomic E-state index is 4.57. The van der Waals surface area contributed by atoms with Crippen molar-refractivity contribution in [1.82, 2.24) is 20.1 Å². The monoisotopic (exact) mass is 194 g/mol. The second kappa shape index (κ2) is 4.09. The average Bonchev–Trinajstić information content (AvgIpc) is 2.74. The lowest BCUT2D eigenvalue weighted by Gasteiger charge is -2.05. The van der Waals surface area contributed by atoms with Crippen molar-refractivity contribution in [2.45, 2.75) is 38.1 Å². The van der Waals surface area contributed by atoms with E-state index in [2.05, 4.69) is 15.4 Å². The van der Waals surface area contributed by atoms with Crippen LogP contribution in [0.15, 0.2) is 0 Å². The summed E-state index contributed by atoms with van der Waals surface area (Å²) >= 11 is 0. The predicted molar refractivity (Wildman–Crippen MR) is 55.0 cm³/mol. The van der Waals surface area contributed by atoms with Crippen molar-refractivity contribution in [2.24, 2.45) is 7.05 Å². The molecule has 1 aliphatic carbocycles. The van der Waals surface area contributed by atoms with Crippen LogP contribution in [0.4, 0.5) is 0 Å². The second-order valence-electron chi connectivity index (χ2n) is 4.02. The molecule has 4 heteroatoms. The molecule has 1 saturated carbocycles. The van der Waals surface area contributed by atoms with Gasteiger partial charge in [0.25, 0.3) is 0 Å². The largest absolute Gasteiger partial charge is 0.313 e. The fourth-order valence-electron chi connectivity index (χ4n) is 2.22. The standard InChI is InChI=1S/C10H18N4/c1-11-7-9-12-10(14(2)13-9)8-5-3-4-6-8/h8,11H,3-7H2,1-2H3. The van der Waals surface area contributed by atoms with Crippen LogP contribution in [0.3, 0.4) is 0 Å². The summed E-state index contributed by atoms with van der Waals surface area (Å²) in [4.78, 5) is 4.57. The van der Waals surface area contributed by atoms with Gasteiger partial charge in [0, 0.05) is 13.0 Å². The van der Waals surface area contributed by atoms with E-state index in [-0.39, 0.29) is 0 Å². The number of hydrogen-bond donors (Lipinski definition) is 1. The van der Waals surface area contributed by atoms with Crippen LogP contribution in [-0.2, 0) is 13.6 Å². The van der Waals surface area contributed by atoms with E-state index in [1.807, 2.05) is 18.8 Å². The van der Waals surface area contributed by atoms with Crippen LogP contribution < -0.4 is 5.32 Å². The molecule has 1 N–H and O–H groups in total. The van der Waals surface area contributed by atoms with E-state index in [0.717, 1.165) is 12.4 Å². The van der Waals surface area contributed by atoms with Gasteiger partial charge in [0.05, 0.1) is 6.54 Å². The van der Waals surface area contributed by atoms with Crippen molar-refractivity contribution in [3.05, 3.63) is 11.6 Å². The third kappa shape index (κ3) is 1.80. The van der Waals surface area contributed by atoms with E-state index in [1.54, 1.807) is 0 Å². The Bertz CT molecular complexity index is 299. The molecule has 0 bridgehead atoms. The van der Waals surface area contributed by atoms with E-state index < -0.39 is 0 Å². The molecule has 1 aliphatic rings. The Kier molecular flexibility index (Phi) is 2.82. The first-order valence-corrected chi connectivity index (χ1v) is 5.35. The summed E-state index contributed by atoms with van der Waals surface area (Å²) in [6, 6.07) is 0. The Morgan fingerprint density at radius 1 is 1.43 bits per heavy atom. The third-order valence-corrected chi connectivity index (χ3v) is 2.90. The summed E-state index contributed by atoms with van der Waals surface area (Å²) in [7, 11) is 3.92. The van der Waals surface area contributed by atoms with Crippen LogP contribution in [0.1, 0.15) is 43.3 Å². The molecule has 0 spiro atoms. The molecule has 0 radical (unpaired) electrons. The summed E-state index contributed by atoms with van der Waals surface area (Å²) in [5.41, 5.74) is 0. The molecule has 14 heavy (non-hydrogen) atoms. The van der Waals surface area contributed by atoms with Crippen molar-refractivity contribution < 1.29 is 0 Å². The molecule has 2 rings (SSSR count). The maximum absolute atomic E-state index is 4.57. The van der Waals surface area contributed by atoms with Crippen LogP contribution in [0, 0.1) is 0 Å². The van der Waals surface area contributed by atoms with Gasteiger partial charge in [-0.25, -0.2) is 4.98 Å². The molecule has 1 fully saturated rings. The second-order valence-corrected chi connectivity index (χ2v) is 4.02. The number of rotatable bonds is 3. The van der Waals surface area contributed by atoms with Gasteiger partial charge < -0.3 is 5.32 Å². The summed E-state index contributed by atoms with van der Waals surface area (Å²) in [5.74, 6) is 2.74. The molecule has 0 aliphatic heterocycles. The summed E-state index contributed by atoms with van der Waals surface area (Å²) in [5, 5.41) is 7.46. The minimum atomic E-state index is 0.651. The normalized spacial score (nSPS) is 17.9. The summed E-state index contributed by atoms with van der Waals surface area (Å²) < 4.78 is 1.95. The number of nitrogens with zero attached hydrogens (tertiary/aromatic N) is 3. The van der Waals surface area contributed by atoms with Crippen LogP contribution in [0.25, 0.3) is 0 Å². The fourth-order valence-corrected chi connectivity index (χ4v) is 2.22. The predicted octanol–water partition coefficient (Wildman–Crippen LogP) is 1.19. The van der Waals surface area contributed by atoms with Gasteiger partial charge in [-0.2, -0.15) is 5.10 Å². The minimum absolute atomic E-state index is 0.651. The first-order chi connectivity index (χ1) is 6.81. The van der Waals surface area contributed by atoms with Gasteiger partial charge >= 0.3 is 0 Å². The maximum Gasteiger partial charge on any atom is 0.164 e. The van der Waals surface area contributed by atoms with Gasteiger partial charge in [-0.1, -0.05) is 12.8 Å². The Hall–Kier alpha value is -0.900. The molecular formula is C10H18N4. The van der Waals surface area contributed by atoms with E-state index in [9.17, 15) is 0 Å². The Balaban J connectivity index is 2.15. The van der Waals surface area contributed by atoms with Crippen LogP contribution in [0.2, 0.25) is 0 Å². The molecule has 0 amide bonds. The lowest BCUT2D eigenvalue weighted by Crippen LogP contribution is -2.06. The zero-order valence-corrected chi connectivity index (χ0v) is 8.95. The molecule has 0 aromatic carbocycles. The highest BCUT2D eigenvalue weighted by molar-refractivity contribution is 5.01. The molecular weight excluding hydrogens is 176 g/mol. The van der Waals surface area contributed by atoms with Gasteiger partial charge in [-0.05, 0) is 19.9 Å². The van der Waals surface area contributed by atoms with E-state index >= 15 is 0 Å². The highest BCUT2D eigenvalue weighted by Gasteiger charge is 2.22. The average molecular weight is 194 g/mol. The third-order valence-electron chi connectivity index (χ3n) is 2.90. The number of hydrogen-bond acceptors (Lipinski definition) is 3. The minimum Gasteiger partial charge on any atom is -0.313 e. The SMILES string of the molecule is CNCc1nc(C2CCCC2)n(C)n1. The summed E-state index contributed by atoms with van der Waals surface area (Å²) in [6.45, 7) is 0.764. The Labute approximate surface area is 84.7 Å². The molecule has 78 valence electrons. The van der Waals surface area contributed by atoms with E-state index in [0.29, 0.717) is 5.92 Å². The molecule has 4 nitrogen and oxygen atoms in total. The van der Waals surface area contributed by atoms with Crippen molar-refractivity contribution in [3.63, 3.8) is 0 Å². The number of nitrogens with one attached hydrogen (secondary N) is 1. The first kappa shape index (κ1) is 9.65.